The minimum absolute atomic E-state index is 0.736. The summed E-state index contributed by atoms with van der Waals surface area (Å²) in [5, 5.41) is 5.80. The lowest BCUT2D eigenvalue weighted by Crippen LogP contribution is -1.96. The lowest BCUT2D eigenvalue weighted by atomic mass is 10.1. The summed E-state index contributed by atoms with van der Waals surface area (Å²) in [7, 11) is 0. The van der Waals surface area contributed by atoms with Gasteiger partial charge in [0.25, 0.3) is 0 Å². The molecule has 4 heterocycles. The van der Waals surface area contributed by atoms with Gasteiger partial charge < -0.3 is 8.98 Å². The molecule has 45 heavy (non-hydrogen) atoms. The van der Waals surface area contributed by atoms with Gasteiger partial charge in [-0.25, -0.2) is 9.97 Å². The fraction of sp³-hybridized carbons (Fsp3) is 0. The predicted octanol–water partition coefficient (Wildman–Crippen LogP) is 11.2. The molecule has 10 aromatic rings. The third-order valence-corrected chi connectivity index (χ3v) is 10.00. The first-order valence-corrected chi connectivity index (χ1v) is 15.8. The van der Waals surface area contributed by atoms with Crippen molar-refractivity contribution in [1.82, 2.24) is 14.5 Å². The highest BCUT2D eigenvalue weighted by Crippen LogP contribution is 2.42. The van der Waals surface area contributed by atoms with E-state index >= 15 is 0 Å². The number of aromatic nitrogens is 3. The van der Waals surface area contributed by atoms with Crippen LogP contribution in [0.5, 0.6) is 0 Å². The van der Waals surface area contributed by atoms with Crippen LogP contribution in [-0.2, 0) is 0 Å². The van der Waals surface area contributed by atoms with Crippen LogP contribution in [0.3, 0.4) is 0 Å². The van der Waals surface area contributed by atoms with Crippen molar-refractivity contribution in [1.29, 1.82) is 0 Å². The van der Waals surface area contributed by atoms with Gasteiger partial charge in [0, 0.05) is 48.4 Å². The summed E-state index contributed by atoms with van der Waals surface area (Å²) in [5.41, 5.74) is 9.12. The Kier molecular flexibility index (Phi) is 5.12. The summed E-state index contributed by atoms with van der Waals surface area (Å²) in [6, 6.07) is 48.8. The average Bonchev–Trinajstić information content (AvgIpc) is 3.78. The summed E-state index contributed by atoms with van der Waals surface area (Å²) >= 11 is 1.75. The van der Waals surface area contributed by atoms with Crippen molar-refractivity contribution in [2.75, 3.05) is 0 Å². The molecule has 4 aromatic heterocycles. The number of hydrogen-bond donors (Lipinski definition) is 0. The van der Waals surface area contributed by atoms with Gasteiger partial charge in [0.1, 0.15) is 5.58 Å². The standard InChI is InChI=1S/C40H23N3OS/c1-2-10-25(11-3-1)40-41-35(39-36(42-40)31-14-6-9-17-34(31)45-39)24-18-20-26(21-19-24)43-32-15-7-4-12-27(32)29-22-23-30-28-13-5-8-16-33(28)44-38(30)37(29)43/h1-23H. The fourth-order valence-corrected chi connectivity index (χ4v) is 7.92. The summed E-state index contributed by atoms with van der Waals surface area (Å²) < 4.78 is 11.2. The Morgan fingerprint density at radius 3 is 2.11 bits per heavy atom. The lowest BCUT2D eigenvalue weighted by molar-refractivity contribution is 0.671. The molecule has 0 atom stereocenters. The monoisotopic (exact) mass is 593 g/mol. The summed E-state index contributed by atoms with van der Waals surface area (Å²) in [4.78, 5) is 10.2. The fourth-order valence-electron chi connectivity index (χ4n) is 6.77. The van der Waals surface area contributed by atoms with E-state index in [9.17, 15) is 0 Å². The van der Waals surface area contributed by atoms with Crippen molar-refractivity contribution in [2.24, 2.45) is 0 Å². The third-order valence-electron chi connectivity index (χ3n) is 8.83. The van der Waals surface area contributed by atoms with Crippen LogP contribution in [0, 0.1) is 0 Å². The van der Waals surface area contributed by atoms with Crippen molar-refractivity contribution in [2.45, 2.75) is 0 Å². The Bertz CT molecular complexity index is 2750. The highest BCUT2D eigenvalue weighted by Gasteiger charge is 2.20. The first-order chi connectivity index (χ1) is 22.3. The molecule has 0 unspecified atom stereocenters. The second kappa shape index (κ2) is 9.36. The molecule has 10 rings (SSSR count). The van der Waals surface area contributed by atoms with Gasteiger partial charge in [-0.1, -0.05) is 103 Å². The molecule has 0 aliphatic rings. The topological polar surface area (TPSA) is 43.9 Å². The van der Waals surface area contributed by atoms with Crippen LogP contribution in [0.15, 0.2) is 144 Å². The van der Waals surface area contributed by atoms with Crippen molar-refractivity contribution < 1.29 is 4.42 Å². The van der Waals surface area contributed by atoms with Crippen LogP contribution >= 0.6 is 11.3 Å². The molecule has 0 amide bonds. The Balaban J connectivity index is 1.22. The van der Waals surface area contributed by atoms with E-state index in [1.54, 1.807) is 11.3 Å². The van der Waals surface area contributed by atoms with E-state index in [4.69, 9.17) is 14.4 Å². The molecular formula is C40H23N3OS. The van der Waals surface area contributed by atoms with E-state index in [0.717, 1.165) is 76.9 Å². The number of nitrogens with zero attached hydrogens (tertiary/aromatic N) is 3. The van der Waals surface area contributed by atoms with E-state index in [1.165, 1.54) is 15.5 Å². The Hall–Kier alpha value is -5.78. The number of hydrogen-bond acceptors (Lipinski definition) is 4. The van der Waals surface area contributed by atoms with Gasteiger partial charge in [-0.15, -0.1) is 11.3 Å². The van der Waals surface area contributed by atoms with Gasteiger partial charge in [0.15, 0.2) is 11.4 Å². The Morgan fingerprint density at radius 2 is 1.24 bits per heavy atom. The molecule has 6 aromatic carbocycles. The SMILES string of the molecule is c1ccc(-c2nc(-c3ccc(-n4c5ccccc5c5ccc6c7ccccc7oc6c54)cc3)c3sc4ccccc4c3n2)cc1. The number of furan rings is 1. The maximum atomic E-state index is 6.55. The van der Waals surface area contributed by atoms with Crippen LogP contribution in [-0.4, -0.2) is 14.5 Å². The molecule has 0 radical (unpaired) electrons. The molecular weight excluding hydrogens is 571 g/mol. The van der Waals surface area contributed by atoms with Crippen molar-refractivity contribution >= 4 is 75.4 Å². The Labute approximate surface area is 261 Å². The van der Waals surface area contributed by atoms with Gasteiger partial charge >= 0.3 is 0 Å². The molecule has 0 bridgehead atoms. The minimum atomic E-state index is 0.736. The van der Waals surface area contributed by atoms with Gasteiger partial charge in [-0.3, -0.25) is 0 Å². The first kappa shape index (κ1) is 24.6. The summed E-state index contributed by atoms with van der Waals surface area (Å²) in [5.74, 6) is 0.736. The van der Waals surface area contributed by atoms with E-state index in [1.807, 2.05) is 30.3 Å². The van der Waals surface area contributed by atoms with E-state index in [0.29, 0.717) is 0 Å². The van der Waals surface area contributed by atoms with Crippen LogP contribution < -0.4 is 0 Å². The highest BCUT2D eigenvalue weighted by atomic mass is 32.1. The van der Waals surface area contributed by atoms with Crippen LogP contribution in [0.25, 0.3) is 92.4 Å². The maximum absolute atomic E-state index is 6.55. The van der Waals surface area contributed by atoms with E-state index in [-0.39, 0.29) is 0 Å². The predicted molar refractivity (Wildman–Crippen MR) is 187 cm³/mol. The molecule has 0 aliphatic heterocycles. The second-order valence-electron chi connectivity index (χ2n) is 11.4. The van der Waals surface area contributed by atoms with E-state index in [2.05, 4.69) is 114 Å². The van der Waals surface area contributed by atoms with Crippen LogP contribution in [0.4, 0.5) is 0 Å². The third kappa shape index (κ3) is 3.59. The molecule has 0 fully saturated rings. The van der Waals surface area contributed by atoms with Crippen molar-refractivity contribution in [3.05, 3.63) is 140 Å². The van der Waals surface area contributed by atoms with Gasteiger partial charge in [-0.2, -0.15) is 0 Å². The molecule has 210 valence electrons. The quantitative estimate of drug-likeness (QED) is 0.205. The second-order valence-corrected chi connectivity index (χ2v) is 12.4. The molecule has 0 spiro atoms. The molecule has 0 N–H and O–H groups in total. The van der Waals surface area contributed by atoms with Gasteiger partial charge in [0.2, 0.25) is 0 Å². The summed E-state index contributed by atoms with van der Waals surface area (Å²) in [6.07, 6.45) is 0. The first-order valence-electron chi connectivity index (χ1n) is 15.0. The van der Waals surface area contributed by atoms with E-state index < -0.39 is 0 Å². The zero-order chi connectivity index (χ0) is 29.5. The average molecular weight is 594 g/mol. The number of thiophene rings is 1. The molecule has 0 saturated carbocycles. The number of rotatable bonds is 3. The van der Waals surface area contributed by atoms with Crippen LogP contribution in [0.2, 0.25) is 0 Å². The zero-order valence-corrected chi connectivity index (χ0v) is 24.8. The highest BCUT2D eigenvalue weighted by molar-refractivity contribution is 7.26. The smallest absolute Gasteiger partial charge is 0.160 e. The number of benzene rings is 6. The number of para-hydroxylation sites is 2. The van der Waals surface area contributed by atoms with Gasteiger partial charge in [0.05, 0.1) is 26.9 Å². The lowest BCUT2D eigenvalue weighted by Gasteiger charge is -2.11. The summed E-state index contributed by atoms with van der Waals surface area (Å²) in [6.45, 7) is 0. The Morgan fingerprint density at radius 1 is 0.533 bits per heavy atom. The molecule has 0 saturated heterocycles. The van der Waals surface area contributed by atoms with Crippen molar-refractivity contribution in [3.63, 3.8) is 0 Å². The molecule has 5 heteroatoms. The largest absolute Gasteiger partial charge is 0.454 e. The van der Waals surface area contributed by atoms with Crippen LogP contribution in [0.1, 0.15) is 0 Å². The zero-order valence-electron chi connectivity index (χ0n) is 23.9. The molecule has 0 aliphatic carbocycles. The maximum Gasteiger partial charge on any atom is 0.160 e. The van der Waals surface area contributed by atoms with Crippen molar-refractivity contribution in [3.8, 4) is 28.3 Å². The number of fused-ring (bicyclic) bond motifs is 10. The van der Waals surface area contributed by atoms with Gasteiger partial charge in [-0.05, 0) is 36.4 Å². The molecule has 4 nitrogen and oxygen atoms in total. The minimum Gasteiger partial charge on any atom is -0.454 e. The normalized spacial score (nSPS) is 12.0.